The lowest BCUT2D eigenvalue weighted by Crippen LogP contribution is -2.40. The van der Waals surface area contributed by atoms with Crippen molar-refractivity contribution in [1.82, 2.24) is 10.6 Å². The minimum atomic E-state index is 0.228. The quantitative estimate of drug-likeness (QED) is 0.818. The van der Waals surface area contributed by atoms with Crippen LogP contribution in [0.4, 0.5) is 0 Å². The van der Waals surface area contributed by atoms with Gasteiger partial charge >= 0.3 is 0 Å². The largest absolute Gasteiger partial charge is 0.497 e. The SMILES string of the molecule is COc1ccc([C@@H](C)NC(=S)[C@@H]2CCCN2)cc1. The maximum absolute atomic E-state index is 5.44. The number of hydrogen-bond acceptors (Lipinski definition) is 3. The molecule has 2 N–H and O–H groups in total. The van der Waals surface area contributed by atoms with Crippen molar-refractivity contribution in [1.29, 1.82) is 0 Å². The summed E-state index contributed by atoms with van der Waals surface area (Å²) in [6, 6.07) is 8.67. The van der Waals surface area contributed by atoms with E-state index in [1.807, 2.05) is 12.1 Å². The predicted octanol–water partition coefficient (Wildman–Crippen LogP) is 2.43. The molecule has 0 aromatic heterocycles. The zero-order chi connectivity index (χ0) is 13.0. The molecule has 1 aliphatic heterocycles. The van der Waals surface area contributed by atoms with Gasteiger partial charge in [-0.3, -0.25) is 0 Å². The van der Waals surface area contributed by atoms with Crippen molar-refractivity contribution < 1.29 is 4.74 Å². The van der Waals surface area contributed by atoms with Crippen LogP contribution in [0.25, 0.3) is 0 Å². The first-order valence-electron chi connectivity index (χ1n) is 6.38. The normalized spacial score (nSPS) is 20.4. The van der Waals surface area contributed by atoms with Crippen molar-refractivity contribution in [2.45, 2.75) is 31.8 Å². The lowest BCUT2D eigenvalue weighted by Gasteiger charge is -2.20. The van der Waals surface area contributed by atoms with Gasteiger partial charge in [0.1, 0.15) is 5.75 Å². The molecule has 0 saturated carbocycles. The number of ether oxygens (including phenoxy) is 1. The fraction of sp³-hybridized carbons (Fsp3) is 0.500. The fourth-order valence-electron chi connectivity index (χ4n) is 2.20. The van der Waals surface area contributed by atoms with E-state index < -0.39 is 0 Å². The lowest BCUT2D eigenvalue weighted by atomic mass is 10.1. The Kier molecular flexibility index (Phi) is 4.55. The summed E-state index contributed by atoms with van der Waals surface area (Å²) in [5.74, 6) is 0.881. The molecular formula is C14H20N2OS. The van der Waals surface area contributed by atoms with Gasteiger partial charge in [0.05, 0.1) is 18.1 Å². The smallest absolute Gasteiger partial charge is 0.118 e. The van der Waals surface area contributed by atoms with Crippen LogP contribution in [0.15, 0.2) is 24.3 Å². The van der Waals surface area contributed by atoms with Crippen LogP contribution in [0.3, 0.4) is 0 Å². The van der Waals surface area contributed by atoms with E-state index in [0.717, 1.165) is 23.7 Å². The first-order valence-corrected chi connectivity index (χ1v) is 6.79. The van der Waals surface area contributed by atoms with Gasteiger partial charge in [-0.1, -0.05) is 24.4 Å². The maximum atomic E-state index is 5.44. The molecule has 1 heterocycles. The molecule has 1 aromatic carbocycles. The number of nitrogens with one attached hydrogen (secondary N) is 2. The number of thiocarbonyl (C=S) groups is 1. The molecule has 0 amide bonds. The third-order valence-corrected chi connectivity index (χ3v) is 3.75. The minimum Gasteiger partial charge on any atom is -0.497 e. The minimum absolute atomic E-state index is 0.228. The summed E-state index contributed by atoms with van der Waals surface area (Å²) in [5.41, 5.74) is 1.22. The average molecular weight is 264 g/mol. The van der Waals surface area contributed by atoms with Crippen LogP contribution in [0.5, 0.6) is 5.75 Å². The molecule has 98 valence electrons. The first-order chi connectivity index (χ1) is 8.70. The predicted molar refractivity (Wildman–Crippen MR) is 78.2 cm³/mol. The Morgan fingerprint density at radius 3 is 2.72 bits per heavy atom. The molecule has 2 atom stereocenters. The molecule has 1 fully saturated rings. The number of methoxy groups -OCH3 is 1. The van der Waals surface area contributed by atoms with E-state index in [1.165, 1.54) is 12.0 Å². The highest BCUT2D eigenvalue weighted by Crippen LogP contribution is 2.18. The van der Waals surface area contributed by atoms with Gasteiger partial charge < -0.3 is 15.4 Å². The van der Waals surface area contributed by atoms with Crippen molar-refractivity contribution in [3.63, 3.8) is 0 Å². The van der Waals surface area contributed by atoms with E-state index in [4.69, 9.17) is 17.0 Å². The van der Waals surface area contributed by atoms with Crippen molar-refractivity contribution in [2.75, 3.05) is 13.7 Å². The molecular weight excluding hydrogens is 244 g/mol. The zero-order valence-corrected chi connectivity index (χ0v) is 11.7. The Balaban J connectivity index is 1.93. The second-order valence-electron chi connectivity index (χ2n) is 4.65. The summed E-state index contributed by atoms with van der Waals surface area (Å²) in [6.07, 6.45) is 2.35. The third-order valence-electron chi connectivity index (χ3n) is 3.35. The van der Waals surface area contributed by atoms with Crippen LogP contribution in [-0.4, -0.2) is 24.7 Å². The first kappa shape index (κ1) is 13.3. The summed E-state index contributed by atoms with van der Waals surface area (Å²) in [4.78, 5) is 0.927. The molecule has 1 aliphatic rings. The standard InChI is InChI=1S/C14H20N2OS/c1-10(11-5-7-12(17-2)8-6-11)16-14(18)13-4-3-9-15-13/h5-8,10,13,15H,3-4,9H2,1-2H3,(H,16,18)/t10-,13+/m1/s1. The Morgan fingerprint density at radius 2 is 2.17 bits per heavy atom. The van der Waals surface area contributed by atoms with E-state index >= 15 is 0 Å². The van der Waals surface area contributed by atoms with Gasteiger partial charge in [-0.25, -0.2) is 0 Å². The molecule has 4 heteroatoms. The topological polar surface area (TPSA) is 33.3 Å². The Labute approximate surface area is 114 Å². The Hall–Kier alpha value is -1.13. The van der Waals surface area contributed by atoms with E-state index in [-0.39, 0.29) is 6.04 Å². The van der Waals surface area contributed by atoms with Gasteiger partial charge in [0.2, 0.25) is 0 Å². The van der Waals surface area contributed by atoms with Gasteiger partial charge in [0.15, 0.2) is 0 Å². The second-order valence-corrected chi connectivity index (χ2v) is 5.09. The van der Waals surface area contributed by atoms with E-state index in [2.05, 4.69) is 29.7 Å². The number of hydrogen-bond donors (Lipinski definition) is 2. The molecule has 0 unspecified atom stereocenters. The number of rotatable bonds is 4. The molecule has 0 radical (unpaired) electrons. The molecule has 18 heavy (non-hydrogen) atoms. The average Bonchev–Trinajstić information content (AvgIpc) is 2.92. The van der Waals surface area contributed by atoms with Gasteiger partial charge in [-0.15, -0.1) is 0 Å². The van der Waals surface area contributed by atoms with Gasteiger partial charge in [-0.2, -0.15) is 0 Å². The van der Waals surface area contributed by atoms with Crippen LogP contribution in [0, 0.1) is 0 Å². The Morgan fingerprint density at radius 1 is 1.44 bits per heavy atom. The summed E-state index contributed by atoms with van der Waals surface area (Å²) in [7, 11) is 1.68. The molecule has 3 nitrogen and oxygen atoms in total. The Bertz CT molecular complexity index is 399. The van der Waals surface area contributed by atoms with Gasteiger partial charge in [-0.05, 0) is 44.0 Å². The molecule has 1 saturated heterocycles. The molecule has 1 aromatic rings. The maximum Gasteiger partial charge on any atom is 0.118 e. The highest BCUT2D eigenvalue weighted by molar-refractivity contribution is 7.80. The van der Waals surface area contributed by atoms with Crippen molar-refractivity contribution in [3.8, 4) is 5.75 Å². The summed E-state index contributed by atoms with van der Waals surface area (Å²) in [5, 5.41) is 6.81. The monoisotopic (exact) mass is 264 g/mol. The van der Waals surface area contributed by atoms with Crippen molar-refractivity contribution in [3.05, 3.63) is 29.8 Å². The van der Waals surface area contributed by atoms with Crippen molar-refractivity contribution >= 4 is 17.2 Å². The molecule has 0 bridgehead atoms. The van der Waals surface area contributed by atoms with E-state index in [0.29, 0.717) is 6.04 Å². The highest BCUT2D eigenvalue weighted by Gasteiger charge is 2.20. The van der Waals surface area contributed by atoms with Gasteiger partial charge in [0, 0.05) is 6.04 Å². The van der Waals surface area contributed by atoms with Gasteiger partial charge in [0.25, 0.3) is 0 Å². The van der Waals surface area contributed by atoms with E-state index in [1.54, 1.807) is 7.11 Å². The van der Waals surface area contributed by atoms with Crippen LogP contribution >= 0.6 is 12.2 Å². The third kappa shape index (κ3) is 3.21. The van der Waals surface area contributed by atoms with Crippen LogP contribution < -0.4 is 15.4 Å². The summed E-state index contributed by atoms with van der Waals surface area (Å²) in [6.45, 7) is 3.20. The fourth-order valence-corrected chi connectivity index (χ4v) is 2.58. The van der Waals surface area contributed by atoms with Crippen LogP contribution in [0.1, 0.15) is 31.4 Å². The summed E-state index contributed by atoms with van der Waals surface area (Å²) >= 11 is 5.44. The molecule has 0 aliphatic carbocycles. The van der Waals surface area contributed by atoms with E-state index in [9.17, 15) is 0 Å². The number of benzene rings is 1. The second kappa shape index (κ2) is 6.16. The molecule has 2 rings (SSSR count). The van der Waals surface area contributed by atoms with Crippen molar-refractivity contribution in [2.24, 2.45) is 0 Å². The zero-order valence-electron chi connectivity index (χ0n) is 10.9. The lowest BCUT2D eigenvalue weighted by molar-refractivity contribution is 0.414. The molecule has 0 spiro atoms. The summed E-state index contributed by atoms with van der Waals surface area (Å²) < 4.78 is 5.16. The highest BCUT2D eigenvalue weighted by atomic mass is 32.1. The van der Waals surface area contributed by atoms with Crippen LogP contribution in [-0.2, 0) is 0 Å². The van der Waals surface area contributed by atoms with Crippen LogP contribution in [0.2, 0.25) is 0 Å².